The maximum Gasteiger partial charge on any atom is 0.150 e. The highest BCUT2D eigenvalue weighted by Gasteiger charge is 2.09. The Morgan fingerprint density at radius 2 is 1.89 bits per heavy atom. The first kappa shape index (κ1) is 13.2. The van der Waals surface area contributed by atoms with Crippen LogP contribution in [0, 0.1) is 0 Å². The first-order chi connectivity index (χ1) is 8.70. The summed E-state index contributed by atoms with van der Waals surface area (Å²) in [7, 11) is 1.88. The van der Waals surface area contributed by atoms with Crippen LogP contribution in [0.3, 0.4) is 0 Å². The van der Waals surface area contributed by atoms with Gasteiger partial charge in [0.2, 0.25) is 0 Å². The van der Waals surface area contributed by atoms with Crippen molar-refractivity contribution in [3.63, 3.8) is 0 Å². The quantitative estimate of drug-likeness (QED) is 0.891. The van der Waals surface area contributed by atoms with Crippen molar-refractivity contribution in [2.75, 3.05) is 7.05 Å². The predicted molar refractivity (Wildman–Crippen MR) is 75.7 cm³/mol. The molecule has 0 aliphatic carbocycles. The van der Waals surface area contributed by atoms with Gasteiger partial charge in [0.15, 0.2) is 0 Å². The highest BCUT2D eigenvalue weighted by molar-refractivity contribution is 6.32. The lowest BCUT2D eigenvalue weighted by Crippen LogP contribution is -2.06. The van der Waals surface area contributed by atoms with Gasteiger partial charge in [0.1, 0.15) is 11.5 Å². The van der Waals surface area contributed by atoms with Crippen molar-refractivity contribution in [1.29, 1.82) is 0 Å². The molecule has 0 fully saturated rings. The zero-order valence-electron chi connectivity index (χ0n) is 9.91. The Labute approximate surface area is 116 Å². The highest BCUT2D eigenvalue weighted by atomic mass is 35.5. The van der Waals surface area contributed by atoms with Crippen molar-refractivity contribution >= 4 is 23.2 Å². The fraction of sp³-hybridized carbons (Fsp3) is 0.143. The molecule has 0 radical (unpaired) electrons. The van der Waals surface area contributed by atoms with Crippen molar-refractivity contribution in [3.05, 3.63) is 58.1 Å². The summed E-state index contributed by atoms with van der Waals surface area (Å²) >= 11 is 12.1. The standard InChI is InChI=1S/C14H13Cl2NO/c1-17-9-10-4-2-7-13(16)14(10)18-12-6-3-5-11(15)8-12/h2-8,17H,9H2,1H3. The molecule has 2 rings (SSSR count). The summed E-state index contributed by atoms with van der Waals surface area (Å²) in [5, 5.41) is 4.30. The van der Waals surface area contributed by atoms with E-state index in [0.29, 0.717) is 28.1 Å². The van der Waals surface area contributed by atoms with Crippen LogP contribution in [-0.2, 0) is 6.54 Å². The zero-order chi connectivity index (χ0) is 13.0. The lowest BCUT2D eigenvalue weighted by molar-refractivity contribution is 0.474. The lowest BCUT2D eigenvalue weighted by atomic mass is 10.2. The number of benzene rings is 2. The van der Waals surface area contributed by atoms with Gasteiger partial charge in [-0.2, -0.15) is 0 Å². The zero-order valence-corrected chi connectivity index (χ0v) is 11.4. The van der Waals surface area contributed by atoms with Crippen molar-refractivity contribution in [2.24, 2.45) is 0 Å². The van der Waals surface area contributed by atoms with Crippen LogP contribution in [0.25, 0.3) is 0 Å². The summed E-state index contributed by atoms with van der Waals surface area (Å²) < 4.78 is 5.82. The van der Waals surface area contributed by atoms with Crippen LogP contribution in [0.2, 0.25) is 10.0 Å². The van der Waals surface area contributed by atoms with E-state index in [0.717, 1.165) is 5.56 Å². The number of nitrogens with one attached hydrogen (secondary N) is 1. The number of halogens is 2. The average molecular weight is 282 g/mol. The fourth-order valence-electron chi connectivity index (χ4n) is 1.65. The molecule has 0 aromatic heterocycles. The molecular weight excluding hydrogens is 269 g/mol. The SMILES string of the molecule is CNCc1cccc(Cl)c1Oc1cccc(Cl)c1. The summed E-state index contributed by atoms with van der Waals surface area (Å²) in [4.78, 5) is 0. The van der Waals surface area contributed by atoms with Gasteiger partial charge in [0, 0.05) is 17.1 Å². The van der Waals surface area contributed by atoms with Crippen molar-refractivity contribution < 1.29 is 4.74 Å². The Bertz CT molecular complexity index is 543. The molecule has 4 heteroatoms. The van der Waals surface area contributed by atoms with Crippen LogP contribution in [-0.4, -0.2) is 7.05 Å². The lowest BCUT2D eigenvalue weighted by Gasteiger charge is -2.12. The van der Waals surface area contributed by atoms with Gasteiger partial charge in [-0.1, -0.05) is 41.4 Å². The Hall–Kier alpha value is -1.22. The maximum absolute atomic E-state index is 6.17. The van der Waals surface area contributed by atoms with Crippen LogP contribution in [0.1, 0.15) is 5.56 Å². The second kappa shape index (κ2) is 6.10. The number of ether oxygens (including phenoxy) is 1. The largest absolute Gasteiger partial charge is 0.455 e. The third kappa shape index (κ3) is 3.16. The normalized spacial score (nSPS) is 10.4. The van der Waals surface area contributed by atoms with Gasteiger partial charge in [-0.3, -0.25) is 0 Å². The number of para-hydroxylation sites is 1. The van der Waals surface area contributed by atoms with Crippen LogP contribution in [0.4, 0.5) is 0 Å². The molecule has 0 spiro atoms. The van der Waals surface area contributed by atoms with E-state index in [1.54, 1.807) is 18.2 Å². The van der Waals surface area contributed by atoms with Gasteiger partial charge in [0.05, 0.1) is 5.02 Å². The van der Waals surface area contributed by atoms with E-state index in [1.807, 2.05) is 31.3 Å². The summed E-state index contributed by atoms with van der Waals surface area (Å²) in [6.45, 7) is 0.691. The Kier molecular flexibility index (Phi) is 4.48. The Balaban J connectivity index is 2.33. The molecule has 0 saturated heterocycles. The van der Waals surface area contributed by atoms with Crippen molar-refractivity contribution in [1.82, 2.24) is 5.32 Å². The molecule has 0 saturated carbocycles. The van der Waals surface area contributed by atoms with Crippen LogP contribution < -0.4 is 10.1 Å². The summed E-state index contributed by atoms with van der Waals surface area (Å²) in [6, 6.07) is 12.9. The van der Waals surface area contributed by atoms with Gasteiger partial charge in [0.25, 0.3) is 0 Å². The molecule has 0 aliphatic heterocycles. The van der Waals surface area contributed by atoms with Crippen molar-refractivity contribution in [2.45, 2.75) is 6.54 Å². The predicted octanol–water partition coefficient (Wildman–Crippen LogP) is 4.51. The molecule has 18 heavy (non-hydrogen) atoms. The molecule has 2 aromatic carbocycles. The number of hydrogen-bond acceptors (Lipinski definition) is 2. The minimum atomic E-state index is 0.586. The van der Waals surface area contributed by atoms with Gasteiger partial charge in [-0.25, -0.2) is 0 Å². The van der Waals surface area contributed by atoms with E-state index in [2.05, 4.69) is 5.32 Å². The molecule has 1 N–H and O–H groups in total. The molecule has 0 bridgehead atoms. The van der Waals surface area contributed by atoms with E-state index >= 15 is 0 Å². The third-order valence-electron chi connectivity index (χ3n) is 2.43. The van der Waals surface area contributed by atoms with Crippen LogP contribution in [0.5, 0.6) is 11.5 Å². The van der Waals surface area contributed by atoms with E-state index in [-0.39, 0.29) is 0 Å². The maximum atomic E-state index is 6.17. The monoisotopic (exact) mass is 281 g/mol. The topological polar surface area (TPSA) is 21.3 Å². The third-order valence-corrected chi connectivity index (χ3v) is 2.96. The van der Waals surface area contributed by atoms with E-state index in [9.17, 15) is 0 Å². The molecule has 0 aliphatic rings. The molecule has 0 amide bonds. The highest BCUT2D eigenvalue weighted by Crippen LogP contribution is 2.33. The molecule has 2 aromatic rings. The van der Waals surface area contributed by atoms with Gasteiger partial charge in [-0.15, -0.1) is 0 Å². The summed E-state index contributed by atoms with van der Waals surface area (Å²) in [6.07, 6.45) is 0. The molecule has 0 atom stereocenters. The molecule has 0 heterocycles. The fourth-order valence-corrected chi connectivity index (χ4v) is 2.06. The average Bonchev–Trinajstić information content (AvgIpc) is 2.34. The van der Waals surface area contributed by atoms with Crippen molar-refractivity contribution in [3.8, 4) is 11.5 Å². The van der Waals surface area contributed by atoms with Crippen LogP contribution >= 0.6 is 23.2 Å². The minimum absolute atomic E-state index is 0.586. The first-order valence-corrected chi connectivity index (χ1v) is 6.31. The summed E-state index contributed by atoms with van der Waals surface area (Å²) in [5.41, 5.74) is 1.00. The molecular formula is C14H13Cl2NO. The second-order valence-corrected chi connectivity index (χ2v) is 4.66. The smallest absolute Gasteiger partial charge is 0.150 e. The van der Waals surface area contributed by atoms with Gasteiger partial charge in [-0.05, 0) is 31.3 Å². The number of rotatable bonds is 4. The van der Waals surface area contributed by atoms with Gasteiger partial charge < -0.3 is 10.1 Å². The van der Waals surface area contributed by atoms with Crippen LogP contribution in [0.15, 0.2) is 42.5 Å². The number of hydrogen-bond donors (Lipinski definition) is 1. The minimum Gasteiger partial charge on any atom is -0.455 e. The Morgan fingerprint density at radius 1 is 1.11 bits per heavy atom. The van der Waals surface area contributed by atoms with E-state index in [1.165, 1.54) is 0 Å². The molecule has 94 valence electrons. The van der Waals surface area contributed by atoms with Gasteiger partial charge >= 0.3 is 0 Å². The second-order valence-electron chi connectivity index (χ2n) is 3.82. The molecule has 0 unspecified atom stereocenters. The Morgan fingerprint density at radius 3 is 2.61 bits per heavy atom. The van der Waals surface area contributed by atoms with E-state index < -0.39 is 0 Å². The summed E-state index contributed by atoms with van der Waals surface area (Å²) in [5.74, 6) is 1.34. The van der Waals surface area contributed by atoms with E-state index in [4.69, 9.17) is 27.9 Å². The molecule has 2 nitrogen and oxygen atoms in total. The first-order valence-electron chi connectivity index (χ1n) is 5.56.